The Morgan fingerprint density at radius 2 is 2.00 bits per heavy atom. The van der Waals surface area contributed by atoms with Crippen molar-refractivity contribution in [2.24, 2.45) is 0 Å². The van der Waals surface area contributed by atoms with Gasteiger partial charge >= 0.3 is 0 Å². The van der Waals surface area contributed by atoms with Gasteiger partial charge in [-0.25, -0.2) is 0 Å². The lowest BCUT2D eigenvalue weighted by molar-refractivity contribution is -0.121. The van der Waals surface area contributed by atoms with Gasteiger partial charge in [0.05, 0.1) is 22.4 Å². The standard InChI is InChI=1S/C20H14BrCl2N3O2S/c21-12-3-1-2-11(4-12)16-8-18(27)26-20(17(16)9-24)29-10-19(28)25-15-6-13(22)5-14(23)7-15/h1-7,16H,8,10H2,(H,25,28)(H,26,27)/t16-/m0/s1. The number of nitriles is 1. The quantitative estimate of drug-likeness (QED) is 0.559. The van der Waals surface area contributed by atoms with Gasteiger partial charge in [-0.1, -0.05) is 63.0 Å². The molecule has 1 aliphatic rings. The Morgan fingerprint density at radius 3 is 2.66 bits per heavy atom. The number of halogens is 3. The number of nitrogens with one attached hydrogen (secondary N) is 2. The summed E-state index contributed by atoms with van der Waals surface area (Å²) in [6.45, 7) is 0. The summed E-state index contributed by atoms with van der Waals surface area (Å²) in [5.41, 5.74) is 1.77. The third-order valence-corrected chi connectivity index (χ3v) is 6.05. The van der Waals surface area contributed by atoms with E-state index in [-0.39, 0.29) is 29.9 Å². The molecule has 2 amide bonds. The highest BCUT2D eigenvalue weighted by atomic mass is 79.9. The van der Waals surface area contributed by atoms with Gasteiger partial charge in [-0.15, -0.1) is 0 Å². The third kappa shape index (κ3) is 5.77. The molecule has 0 aliphatic carbocycles. The minimum Gasteiger partial charge on any atom is -0.325 e. The van der Waals surface area contributed by atoms with Gasteiger partial charge in [0.1, 0.15) is 0 Å². The van der Waals surface area contributed by atoms with Gasteiger partial charge in [-0.3, -0.25) is 9.59 Å². The number of thioether (sulfide) groups is 1. The molecular formula is C20H14BrCl2N3O2S. The van der Waals surface area contributed by atoms with Crippen LogP contribution in [-0.4, -0.2) is 17.6 Å². The number of hydrogen-bond donors (Lipinski definition) is 2. The van der Waals surface area contributed by atoms with Gasteiger partial charge < -0.3 is 10.6 Å². The predicted octanol–water partition coefficient (Wildman–Crippen LogP) is 5.47. The molecule has 3 rings (SSSR count). The number of hydrogen-bond acceptors (Lipinski definition) is 4. The summed E-state index contributed by atoms with van der Waals surface area (Å²) in [4.78, 5) is 24.5. The van der Waals surface area contributed by atoms with Crippen molar-refractivity contribution in [3.8, 4) is 6.07 Å². The Balaban J connectivity index is 1.76. The van der Waals surface area contributed by atoms with Crippen LogP contribution >= 0.6 is 50.9 Å². The van der Waals surface area contributed by atoms with Crippen LogP contribution in [0.15, 0.2) is 57.5 Å². The number of amides is 2. The highest BCUT2D eigenvalue weighted by Crippen LogP contribution is 2.36. The minimum atomic E-state index is -0.358. The fourth-order valence-electron chi connectivity index (χ4n) is 2.90. The van der Waals surface area contributed by atoms with Crippen molar-refractivity contribution in [2.75, 3.05) is 11.1 Å². The first-order valence-corrected chi connectivity index (χ1v) is 11.0. The first-order valence-electron chi connectivity index (χ1n) is 8.44. The molecule has 0 bridgehead atoms. The SMILES string of the molecule is N#CC1=C(SCC(=O)Nc2cc(Cl)cc(Cl)c2)NC(=O)C[C@H]1c1cccc(Br)c1. The number of carbonyl (C=O) groups is 2. The van der Waals surface area contributed by atoms with E-state index < -0.39 is 0 Å². The maximum atomic E-state index is 12.3. The summed E-state index contributed by atoms with van der Waals surface area (Å²) >= 11 is 16.4. The van der Waals surface area contributed by atoms with Gasteiger partial charge in [0.2, 0.25) is 11.8 Å². The topological polar surface area (TPSA) is 82.0 Å². The van der Waals surface area contributed by atoms with Gasteiger partial charge in [-0.05, 0) is 35.9 Å². The van der Waals surface area contributed by atoms with Crippen LogP contribution in [0.2, 0.25) is 10.0 Å². The number of benzene rings is 2. The van der Waals surface area contributed by atoms with E-state index in [1.165, 1.54) is 0 Å². The van der Waals surface area contributed by atoms with Crippen molar-refractivity contribution in [1.29, 1.82) is 5.26 Å². The molecule has 148 valence electrons. The molecule has 2 aromatic carbocycles. The van der Waals surface area contributed by atoms with Crippen molar-refractivity contribution in [3.05, 3.63) is 73.1 Å². The van der Waals surface area contributed by atoms with Gasteiger partial charge in [0.25, 0.3) is 0 Å². The summed E-state index contributed by atoms with van der Waals surface area (Å²) in [7, 11) is 0. The molecular weight excluding hydrogens is 497 g/mol. The molecule has 29 heavy (non-hydrogen) atoms. The van der Waals surface area contributed by atoms with Gasteiger partial charge in [0.15, 0.2) is 0 Å². The molecule has 1 aliphatic heterocycles. The predicted molar refractivity (Wildman–Crippen MR) is 120 cm³/mol. The van der Waals surface area contributed by atoms with Crippen LogP contribution in [0.1, 0.15) is 17.9 Å². The van der Waals surface area contributed by atoms with Crippen molar-refractivity contribution >= 4 is 68.4 Å². The number of anilines is 1. The maximum absolute atomic E-state index is 12.3. The number of carbonyl (C=O) groups excluding carboxylic acids is 2. The monoisotopic (exact) mass is 509 g/mol. The lowest BCUT2D eigenvalue weighted by Gasteiger charge is -2.25. The van der Waals surface area contributed by atoms with Crippen LogP contribution in [0.25, 0.3) is 0 Å². The second kappa shape index (κ2) is 9.68. The largest absolute Gasteiger partial charge is 0.325 e. The Morgan fingerprint density at radius 1 is 1.28 bits per heavy atom. The zero-order valence-corrected chi connectivity index (χ0v) is 18.8. The average molecular weight is 511 g/mol. The molecule has 9 heteroatoms. The summed E-state index contributed by atoms with van der Waals surface area (Å²) < 4.78 is 0.868. The van der Waals surface area contributed by atoms with E-state index in [0.717, 1.165) is 21.8 Å². The van der Waals surface area contributed by atoms with Crippen LogP contribution in [0.5, 0.6) is 0 Å². The highest BCUT2D eigenvalue weighted by Gasteiger charge is 2.30. The summed E-state index contributed by atoms with van der Waals surface area (Å²) in [6, 6.07) is 14.4. The molecule has 0 saturated carbocycles. The first-order chi connectivity index (χ1) is 13.9. The first kappa shape index (κ1) is 21.7. The molecule has 2 N–H and O–H groups in total. The molecule has 1 atom stereocenters. The molecule has 0 unspecified atom stereocenters. The lowest BCUT2D eigenvalue weighted by Crippen LogP contribution is -2.31. The van der Waals surface area contributed by atoms with Crippen molar-refractivity contribution in [2.45, 2.75) is 12.3 Å². The van der Waals surface area contributed by atoms with Gasteiger partial charge in [0, 0.05) is 32.5 Å². The molecule has 5 nitrogen and oxygen atoms in total. The molecule has 0 radical (unpaired) electrons. The average Bonchev–Trinajstić information content (AvgIpc) is 2.65. The van der Waals surface area contributed by atoms with Crippen molar-refractivity contribution in [1.82, 2.24) is 5.32 Å². The van der Waals surface area contributed by atoms with E-state index in [4.69, 9.17) is 23.2 Å². The summed E-state index contributed by atoms with van der Waals surface area (Å²) in [5.74, 6) is -0.852. The second-order valence-electron chi connectivity index (χ2n) is 6.21. The highest BCUT2D eigenvalue weighted by molar-refractivity contribution is 9.10. The Hall–Kier alpha value is -1.98. The number of rotatable bonds is 5. The molecule has 0 fully saturated rings. The lowest BCUT2D eigenvalue weighted by atomic mass is 9.87. The van der Waals surface area contributed by atoms with Crippen LogP contribution < -0.4 is 10.6 Å². The fourth-order valence-corrected chi connectivity index (χ4v) is 4.72. The Bertz CT molecular complexity index is 1030. The van der Waals surface area contributed by atoms with E-state index in [2.05, 4.69) is 32.6 Å². The maximum Gasteiger partial charge on any atom is 0.234 e. The normalized spacial score (nSPS) is 16.2. The fraction of sp³-hybridized carbons (Fsp3) is 0.150. The van der Waals surface area contributed by atoms with E-state index in [1.807, 2.05) is 24.3 Å². The van der Waals surface area contributed by atoms with Crippen LogP contribution in [0.4, 0.5) is 5.69 Å². The third-order valence-electron chi connectivity index (χ3n) is 4.10. The van der Waals surface area contributed by atoms with Crippen LogP contribution in [-0.2, 0) is 9.59 Å². The van der Waals surface area contributed by atoms with E-state index in [0.29, 0.717) is 26.3 Å². The molecule has 2 aromatic rings. The Labute approximate surface area is 190 Å². The molecule has 0 saturated heterocycles. The zero-order chi connectivity index (χ0) is 21.0. The minimum absolute atomic E-state index is 0.0100. The molecule has 1 heterocycles. The van der Waals surface area contributed by atoms with Crippen LogP contribution in [0, 0.1) is 11.3 Å². The zero-order valence-electron chi connectivity index (χ0n) is 14.8. The molecule has 0 spiro atoms. The smallest absolute Gasteiger partial charge is 0.234 e. The number of nitrogens with zero attached hydrogens (tertiary/aromatic N) is 1. The van der Waals surface area contributed by atoms with Gasteiger partial charge in [-0.2, -0.15) is 5.26 Å². The van der Waals surface area contributed by atoms with E-state index in [9.17, 15) is 14.9 Å². The summed E-state index contributed by atoms with van der Waals surface area (Å²) in [6.07, 6.45) is 0.177. The number of allylic oxidation sites excluding steroid dienone is 1. The van der Waals surface area contributed by atoms with E-state index in [1.54, 1.807) is 18.2 Å². The van der Waals surface area contributed by atoms with Crippen LogP contribution in [0.3, 0.4) is 0 Å². The Kier molecular flexibility index (Phi) is 7.25. The second-order valence-corrected chi connectivity index (χ2v) is 8.98. The van der Waals surface area contributed by atoms with E-state index >= 15 is 0 Å². The molecule has 0 aromatic heterocycles. The summed E-state index contributed by atoms with van der Waals surface area (Å²) in [5, 5.41) is 16.3. The van der Waals surface area contributed by atoms with Crippen molar-refractivity contribution < 1.29 is 9.59 Å². The van der Waals surface area contributed by atoms with Crippen molar-refractivity contribution in [3.63, 3.8) is 0 Å².